The second-order valence-electron chi connectivity index (χ2n) is 6.50. The monoisotopic (exact) mass is 428 g/mol. The number of nitrogens with zero attached hydrogens (tertiary/aromatic N) is 5. The quantitative estimate of drug-likeness (QED) is 0.440. The summed E-state index contributed by atoms with van der Waals surface area (Å²) < 4.78 is 1.40. The van der Waals surface area contributed by atoms with Gasteiger partial charge < -0.3 is 0 Å². The van der Waals surface area contributed by atoms with Crippen molar-refractivity contribution >= 4 is 21.9 Å². The van der Waals surface area contributed by atoms with Crippen LogP contribution in [-0.4, -0.2) is 29.9 Å². The van der Waals surface area contributed by atoms with Gasteiger partial charge >= 0.3 is 0 Å². The van der Waals surface area contributed by atoms with Gasteiger partial charge in [-0.05, 0) is 31.0 Å². The fourth-order valence-corrected chi connectivity index (χ4v) is 3.36. The highest BCUT2D eigenvalue weighted by Crippen LogP contribution is 2.18. The van der Waals surface area contributed by atoms with E-state index in [-0.39, 0.29) is 5.56 Å². The maximum absolute atomic E-state index is 12.4. The number of fused-ring (bicyclic) bond motifs is 2. The summed E-state index contributed by atoms with van der Waals surface area (Å²) in [6.07, 6.45) is 2.95. The van der Waals surface area contributed by atoms with Gasteiger partial charge in [0.25, 0.3) is 5.56 Å². The van der Waals surface area contributed by atoms with Gasteiger partial charge in [-0.25, -0.2) is 9.97 Å². The second kappa shape index (κ2) is 10.9. The Balaban J connectivity index is 0.000000686. The summed E-state index contributed by atoms with van der Waals surface area (Å²) in [5.41, 5.74) is 4.57. The first kappa shape index (κ1) is 22.8. The molecule has 0 unspecified atom stereocenters. The lowest BCUT2D eigenvalue weighted by Gasteiger charge is -2.05. The molecule has 5 rings (SSSR count). The Labute approximate surface area is 187 Å². The molecule has 32 heavy (non-hydrogen) atoms. The first-order chi connectivity index (χ1) is 15.8. The summed E-state index contributed by atoms with van der Waals surface area (Å²) in [7, 11) is 0. The third-order valence-electron chi connectivity index (χ3n) is 4.74. The Morgan fingerprint density at radius 3 is 2.31 bits per heavy atom. The van der Waals surface area contributed by atoms with Crippen LogP contribution in [-0.2, 0) is 12.8 Å². The normalized spacial score (nSPS) is 10.2. The third kappa shape index (κ3) is 4.72. The number of aromatic nitrogens is 6. The fraction of sp³-hybridized carbons (Fsp3) is 0.240. The lowest BCUT2D eigenvalue weighted by Crippen LogP contribution is -2.20. The molecule has 0 fully saturated rings. The summed E-state index contributed by atoms with van der Waals surface area (Å²) >= 11 is 0. The second-order valence-corrected chi connectivity index (χ2v) is 6.50. The Kier molecular flexibility index (Phi) is 7.80. The van der Waals surface area contributed by atoms with Crippen LogP contribution in [0.3, 0.4) is 0 Å². The zero-order chi connectivity index (χ0) is 22.9. The fourth-order valence-electron chi connectivity index (χ4n) is 3.36. The molecule has 0 atom stereocenters. The average molecular weight is 429 g/mol. The van der Waals surface area contributed by atoms with Crippen LogP contribution in [0.15, 0.2) is 71.8 Å². The summed E-state index contributed by atoms with van der Waals surface area (Å²) in [6.45, 7) is 8.00. The van der Waals surface area contributed by atoms with E-state index in [0.717, 1.165) is 28.0 Å². The van der Waals surface area contributed by atoms with Crippen molar-refractivity contribution in [3.05, 3.63) is 88.7 Å². The van der Waals surface area contributed by atoms with E-state index in [2.05, 4.69) is 25.3 Å². The van der Waals surface area contributed by atoms with Crippen LogP contribution >= 0.6 is 0 Å². The van der Waals surface area contributed by atoms with Gasteiger partial charge in [-0.1, -0.05) is 64.1 Å². The number of para-hydroxylation sites is 2. The highest BCUT2D eigenvalue weighted by Gasteiger charge is 2.13. The average Bonchev–Trinajstić information content (AvgIpc) is 3.26. The number of H-pyrrole nitrogens is 1. The number of aryl methyl sites for hydroxylation is 2. The molecule has 7 heteroatoms. The van der Waals surface area contributed by atoms with Crippen LogP contribution in [0, 0.1) is 0 Å². The molecule has 0 aliphatic heterocycles. The number of aromatic amines is 1. The SMILES string of the molecule is CC.CC.O=c1cc2[nH]nc(CCc3ncnc4ccccc34)c2nn1-c1ccccc1. The van der Waals surface area contributed by atoms with Crippen LogP contribution in [0.4, 0.5) is 0 Å². The Hall–Kier alpha value is -3.87. The number of hydrogen-bond acceptors (Lipinski definition) is 5. The van der Waals surface area contributed by atoms with Crippen molar-refractivity contribution in [2.75, 3.05) is 0 Å². The first-order valence-corrected chi connectivity index (χ1v) is 11.0. The van der Waals surface area contributed by atoms with E-state index >= 15 is 0 Å². The van der Waals surface area contributed by atoms with Gasteiger partial charge in [0.15, 0.2) is 0 Å². The van der Waals surface area contributed by atoms with Gasteiger partial charge in [0.1, 0.15) is 11.8 Å². The van der Waals surface area contributed by atoms with Crippen LogP contribution in [0.2, 0.25) is 0 Å². The van der Waals surface area contributed by atoms with E-state index in [1.165, 1.54) is 10.7 Å². The molecule has 3 aromatic heterocycles. The molecule has 5 aromatic rings. The summed E-state index contributed by atoms with van der Waals surface area (Å²) in [6, 6.07) is 18.9. The van der Waals surface area contributed by atoms with Crippen molar-refractivity contribution in [2.24, 2.45) is 0 Å². The Morgan fingerprint density at radius 1 is 0.844 bits per heavy atom. The molecule has 0 saturated carbocycles. The van der Waals surface area contributed by atoms with Crippen LogP contribution in [0.25, 0.3) is 27.6 Å². The van der Waals surface area contributed by atoms with Crippen molar-refractivity contribution in [3.63, 3.8) is 0 Å². The van der Waals surface area contributed by atoms with Crippen LogP contribution in [0.5, 0.6) is 0 Å². The predicted molar refractivity (Wildman–Crippen MR) is 129 cm³/mol. The number of nitrogens with one attached hydrogen (secondary N) is 1. The van der Waals surface area contributed by atoms with Gasteiger partial charge in [0.05, 0.1) is 28.1 Å². The van der Waals surface area contributed by atoms with Crippen molar-refractivity contribution < 1.29 is 0 Å². The van der Waals surface area contributed by atoms with Crippen molar-refractivity contribution in [2.45, 2.75) is 40.5 Å². The molecule has 0 saturated heterocycles. The van der Waals surface area contributed by atoms with E-state index < -0.39 is 0 Å². The lowest BCUT2D eigenvalue weighted by atomic mass is 10.1. The van der Waals surface area contributed by atoms with E-state index in [0.29, 0.717) is 23.9 Å². The largest absolute Gasteiger partial charge is 0.276 e. The molecule has 3 heterocycles. The number of rotatable bonds is 4. The van der Waals surface area contributed by atoms with E-state index in [1.807, 2.05) is 82.3 Å². The van der Waals surface area contributed by atoms with Gasteiger partial charge in [-0.2, -0.15) is 14.9 Å². The summed E-state index contributed by atoms with van der Waals surface area (Å²) in [5.74, 6) is 0. The Morgan fingerprint density at radius 2 is 1.53 bits per heavy atom. The molecule has 164 valence electrons. The van der Waals surface area contributed by atoms with Gasteiger partial charge in [0.2, 0.25) is 0 Å². The molecular formula is C25H28N6O. The van der Waals surface area contributed by atoms with Gasteiger partial charge in [-0.3, -0.25) is 9.89 Å². The first-order valence-electron chi connectivity index (χ1n) is 11.0. The zero-order valence-electron chi connectivity index (χ0n) is 18.9. The van der Waals surface area contributed by atoms with Crippen molar-refractivity contribution in [3.8, 4) is 5.69 Å². The molecule has 0 radical (unpaired) electrons. The summed E-state index contributed by atoms with van der Waals surface area (Å²) in [5, 5.41) is 12.9. The maximum Gasteiger partial charge on any atom is 0.273 e. The van der Waals surface area contributed by atoms with Gasteiger partial charge in [0, 0.05) is 11.5 Å². The highest BCUT2D eigenvalue weighted by molar-refractivity contribution is 5.80. The minimum atomic E-state index is -0.198. The smallest absolute Gasteiger partial charge is 0.273 e. The summed E-state index contributed by atoms with van der Waals surface area (Å²) in [4.78, 5) is 21.2. The predicted octanol–water partition coefficient (Wildman–Crippen LogP) is 4.89. The highest BCUT2D eigenvalue weighted by atomic mass is 16.1. The van der Waals surface area contributed by atoms with Crippen LogP contribution < -0.4 is 5.56 Å². The minimum absolute atomic E-state index is 0.198. The van der Waals surface area contributed by atoms with E-state index in [1.54, 1.807) is 6.33 Å². The molecule has 1 N–H and O–H groups in total. The Bertz CT molecular complexity index is 1340. The molecule has 0 aliphatic rings. The van der Waals surface area contributed by atoms with Gasteiger partial charge in [-0.15, -0.1) is 0 Å². The molecule has 2 aromatic carbocycles. The molecule has 0 aliphatic carbocycles. The van der Waals surface area contributed by atoms with Crippen LogP contribution in [0.1, 0.15) is 39.1 Å². The number of hydrogen-bond donors (Lipinski definition) is 1. The zero-order valence-corrected chi connectivity index (χ0v) is 18.9. The molecule has 7 nitrogen and oxygen atoms in total. The molecule has 0 bridgehead atoms. The van der Waals surface area contributed by atoms with E-state index in [4.69, 9.17) is 0 Å². The molecular weight excluding hydrogens is 400 g/mol. The number of benzene rings is 2. The third-order valence-corrected chi connectivity index (χ3v) is 4.74. The van der Waals surface area contributed by atoms with Crippen molar-refractivity contribution in [1.82, 2.24) is 29.9 Å². The van der Waals surface area contributed by atoms with Crippen molar-refractivity contribution in [1.29, 1.82) is 0 Å². The topological polar surface area (TPSA) is 89.3 Å². The maximum atomic E-state index is 12.4. The molecule has 0 spiro atoms. The standard InChI is InChI=1S/C21H16N6O.2C2H6/c28-20-12-19-21(26-27(20)14-6-2-1-3-7-14)18(24-25-19)11-10-17-15-8-4-5-9-16(15)22-13-23-17;2*1-2/h1-9,12-13,25H,10-11H2;2*1-2H3. The van der Waals surface area contributed by atoms with E-state index in [9.17, 15) is 4.79 Å². The molecule has 0 amide bonds. The lowest BCUT2D eigenvalue weighted by molar-refractivity contribution is 0.822. The minimum Gasteiger partial charge on any atom is -0.276 e.